The third-order valence-corrected chi connectivity index (χ3v) is 6.44. The Kier molecular flexibility index (Phi) is 7.78. The number of nitrogens with one attached hydrogen (secondary N) is 1. The van der Waals surface area contributed by atoms with Gasteiger partial charge in [-0.3, -0.25) is 4.79 Å². The van der Waals surface area contributed by atoms with E-state index >= 15 is 0 Å². The Bertz CT molecular complexity index is 909. The van der Waals surface area contributed by atoms with E-state index in [0.29, 0.717) is 30.3 Å². The number of nitrogens with zero attached hydrogens (tertiary/aromatic N) is 5. The van der Waals surface area contributed by atoms with Crippen LogP contribution in [0.5, 0.6) is 0 Å². The van der Waals surface area contributed by atoms with Crippen LogP contribution < -0.4 is 10.2 Å². The minimum Gasteiger partial charge on any atom is -0.369 e. The van der Waals surface area contributed by atoms with E-state index in [4.69, 9.17) is 0 Å². The molecular weight excluding hydrogens is 442 g/mol. The first-order valence-electron chi connectivity index (χ1n) is 10.7. The van der Waals surface area contributed by atoms with Gasteiger partial charge in [0.25, 0.3) is 5.91 Å². The maximum Gasteiger partial charge on any atom is 0.253 e. The van der Waals surface area contributed by atoms with Crippen LogP contribution in [0.15, 0.2) is 18.2 Å². The number of halogens is 3. The molecule has 0 spiro atoms. The molecule has 3 aliphatic rings. The van der Waals surface area contributed by atoms with Gasteiger partial charge in [-0.1, -0.05) is 0 Å². The molecule has 2 aromatic rings. The lowest BCUT2D eigenvalue weighted by atomic mass is 9.95. The van der Waals surface area contributed by atoms with Crippen LogP contribution in [0.3, 0.4) is 0 Å². The monoisotopic (exact) mass is 470 g/mol. The zero-order valence-electron chi connectivity index (χ0n) is 17.4. The Balaban J connectivity index is 0.00000136. The van der Waals surface area contributed by atoms with Crippen molar-refractivity contribution in [2.75, 3.05) is 37.6 Å². The van der Waals surface area contributed by atoms with E-state index < -0.39 is 0 Å². The summed E-state index contributed by atoms with van der Waals surface area (Å²) in [5.74, 6) is 2.00. The van der Waals surface area contributed by atoms with Crippen molar-refractivity contribution < 1.29 is 9.18 Å². The fraction of sp³-hybridized carbons (Fsp3) is 0.571. The van der Waals surface area contributed by atoms with Crippen LogP contribution in [-0.4, -0.2) is 58.3 Å². The van der Waals surface area contributed by atoms with Crippen molar-refractivity contribution in [2.24, 2.45) is 0 Å². The van der Waals surface area contributed by atoms with Gasteiger partial charge in [-0.25, -0.2) is 4.39 Å². The Labute approximate surface area is 194 Å². The van der Waals surface area contributed by atoms with E-state index in [0.717, 1.165) is 70.1 Å². The quantitative estimate of drug-likeness (QED) is 0.746. The molecule has 0 atom stereocenters. The molecule has 0 unspecified atom stereocenters. The summed E-state index contributed by atoms with van der Waals surface area (Å²) in [7, 11) is 0. The van der Waals surface area contributed by atoms with E-state index in [9.17, 15) is 9.18 Å². The number of fused-ring (bicyclic) bond motifs is 1. The van der Waals surface area contributed by atoms with Crippen molar-refractivity contribution in [3.8, 4) is 0 Å². The highest BCUT2D eigenvalue weighted by Gasteiger charge is 2.29. The molecule has 1 aromatic carbocycles. The van der Waals surface area contributed by atoms with Crippen LogP contribution in [0.4, 0.5) is 10.1 Å². The maximum absolute atomic E-state index is 14.6. The Morgan fingerprint density at radius 3 is 2.48 bits per heavy atom. The smallest absolute Gasteiger partial charge is 0.253 e. The summed E-state index contributed by atoms with van der Waals surface area (Å²) in [5, 5.41) is 12.0. The van der Waals surface area contributed by atoms with Crippen LogP contribution in [0.1, 0.15) is 53.6 Å². The number of anilines is 1. The molecule has 1 N–H and O–H groups in total. The summed E-state index contributed by atoms with van der Waals surface area (Å²) in [5.41, 5.74) is 1.05. The highest BCUT2D eigenvalue weighted by Crippen LogP contribution is 2.29. The molecule has 5 rings (SSSR count). The van der Waals surface area contributed by atoms with Gasteiger partial charge in [-0.15, -0.1) is 35.0 Å². The lowest BCUT2D eigenvalue weighted by Crippen LogP contribution is -2.39. The van der Waals surface area contributed by atoms with Gasteiger partial charge < -0.3 is 19.7 Å². The summed E-state index contributed by atoms with van der Waals surface area (Å²) in [6.07, 6.45) is 3.93. The molecule has 31 heavy (non-hydrogen) atoms. The molecule has 0 radical (unpaired) electrons. The molecule has 170 valence electrons. The molecule has 4 heterocycles. The van der Waals surface area contributed by atoms with Gasteiger partial charge in [0.1, 0.15) is 17.5 Å². The lowest BCUT2D eigenvalue weighted by Gasteiger charge is -2.32. The average Bonchev–Trinajstić information content (AvgIpc) is 3.43. The van der Waals surface area contributed by atoms with E-state index in [-0.39, 0.29) is 36.5 Å². The Morgan fingerprint density at radius 2 is 1.77 bits per heavy atom. The second kappa shape index (κ2) is 10.1. The van der Waals surface area contributed by atoms with Gasteiger partial charge in [0.15, 0.2) is 0 Å². The number of rotatable bonds is 3. The molecule has 0 aliphatic carbocycles. The maximum atomic E-state index is 14.6. The predicted octanol–water partition coefficient (Wildman–Crippen LogP) is 2.98. The van der Waals surface area contributed by atoms with E-state index in [2.05, 4.69) is 25.0 Å². The van der Waals surface area contributed by atoms with Gasteiger partial charge in [0, 0.05) is 50.7 Å². The first kappa shape index (κ1) is 23.8. The molecule has 2 saturated heterocycles. The first-order valence-corrected chi connectivity index (χ1v) is 10.7. The van der Waals surface area contributed by atoms with Gasteiger partial charge >= 0.3 is 0 Å². The summed E-state index contributed by atoms with van der Waals surface area (Å²) in [4.78, 5) is 16.8. The van der Waals surface area contributed by atoms with Crippen molar-refractivity contribution in [1.82, 2.24) is 25.0 Å². The number of amides is 1. The molecule has 10 heteroatoms. The third-order valence-electron chi connectivity index (χ3n) is 6.44. The van der Waals surface area contributed by atoms with Crippen LogP contribution in [-0.2, 0) is 13.1 Å². The topological polar surface area (TPSA) is 66.3 Å². The van der Waals surface area contributed by atoms with Crippen molar-refractivity contribution in [1.29, 1.82) is 0 Å². The lowest BCUT2D eigenvalue weighted by molar-refractivity contribution is 0.0709. The number of aromatic nitrogens is 3. The molecule has 0 bridgehead atoms. The minimum atomic E-state index is -0.295. The van der Waals surface area contributed by atoms with Crippen LogP contribution in [0.2, 0.25) is 0 Å². The normalized spacial score (nSPS) is 18.9. The number of carbonyl (C=O) groups excluding carboxylic acids is 1. The molecule has 3 aliphatic heterocycles. The summed E-state index contributed by atoms with van der Waals surface area (Å²) < 4.78 is 16.8. The molecule has 1 aromatic heterocycles. The fourth-order valence-electron chi connectivity index (χ4n) is 4.79. The van der Waals surface area contributed by atoms with Crippen molar-refractivity contribution >= 4 is 36.4 Å². The van der Waals surface area contributed by atoms with Gasteiger partial charge in [-0.05, 0) is 43.9 Å². The minimum absolute atomic E-state index is 0. The second-order valence-corrected chi connectivity index (χ2v) is 8.23. The predicted molar refractivity (Wildman–Crippen MR) is 122 cm³/mol. The average molecular weight is 471 g/mol. The Hall–Kier alpha value is -1.90. The highest BCUT2D eigenvalue weighted by molar-refractivity contribution is 5.94. The molecule has 0 saturated carbocycles. The number of hydrogen-bond acceptors (Lipinski definition) is 5. The first-order chi connectivity index (χ1) is 14.2. The Morgan fingerprint density at radius 1 is 1.03 bits per heavy atom. The van der Waals surface area contributed by atoms with Gasteiger partial charge in [0.05, 0.1) is 12.2 Å². The van der Waals surface area contributed by atoms with Crippen molar-refractivity contribution in [3.63, 3.8) is 0 Å². The number of benzene rings is 1. The van der Waals surface area contributed by atoms with Crippen molar-refractivity contribution in [2.45, 2.75) is 44.7 Å². The van der Waals surface area contributed by atoms with Gasteiger partial charge in [-0.2, -0.15) is 0 Å². The number of carbonyl (C=O) groups is 1. The standard InChI is InChI=1S/C21H27FN6O.2ClH/c22-17-13-16(3-4-18(17)26-8-1-2-9-26)21(29)27-10-5-15(6-11-27)20-25-24-19-14-23-7-12-28(19)20;;/h3-4,13,15,23H,1-2,5-12,14H2;2*1H. The van der Waals surface area contributed by atoms with Crippen LogP contribution in [0, 0.1) is 5.82 Å². The van der Waals surface area contributed by atoms with E-state index in [1.165, 1.54) is 6.07 Å². The molecular formula is C21H29Cl2FN6O. The van der Waals surface area contributed by atoms with E-state index in [1.807, 2.05) is 4.90 Å². The fourth-order valence-corrected chi connectivity index (χ4v) is 4.79. The zero-order valence-corrected chi connectivity index (χ0v) is 19.1. The summed E-state index contributed by atoms with van der Waals surface area (Å²) in [6, 6.07) is 4.94. The molecule has 2 fully saturated rings. The number of likely N-dealkylation sites (tertiary alicyclic amines) is 1. The zero-order chi connectivity index (χ0) is 19.8. The third kappa shape index (κ3) is 4.66. The van der Waals surface area contributed by atoms with E-state index in [1.54, 1.807) is 12.1 Å². The molecule has 7 nitrogen and oxygen atoms in total. The SMILES string of the molecule is Cl.Cl.O=C(c1ccc(N2CCCC2)c(F)c1)N1CCC(c2nnc3n2CCNC3)CC1. The number of hydrogen-bond donors (Lipinski definition) is 1. The van der Waals surface area contributed by atoms with Crippen LogP contribution >= 0.6 is 24.8 Å². The largest absolute Gasteiger partial charge is 0.369 e. The van der Waals surface area contributed by atoms with Gasteiger partial charge in [0.2, 0.25) is 0 Å². The summed E-state index contributed by atoms with van der Waals surface area (Å²) >= 11 is 0. The number of piperidine rings is 1. The summed E-state index contributed by atoms with van der Waals surface area (Å²) in [6.45, 7) is 5.72. The highest BCUT2D eigenvalue weighted by atomic mass is 35.5. The molecule has 1 amide bonds. The van der Waals surface area contributed by atoms with Crippen molar-refractivity contribution in [3.05, 3.63) is 41.2 Å². The second-order valence-electron chi connectivity index (χ2n) is 8.23. The van der Waals surface area contributed by atoms with Crippen LogP contribution in [0.25, 0.3) is 0 Å².